The molecular formula is C17H18Cl2FN. The summed E-state index contributed by atoms with van der Waals surface area (Å²) in [5.41, 5.74) is 3.01. The Kier molecular flexibility index (Phi) is 5.26. The molecule has 0 aliphatic rings. The molecule has 0 aliphatic heterocycles. The van der Waals surface area contributed by atoms with E-state index >= 15 is 0 Å². The zero-order valence-electron chi connectivity index (χ0n) is 12.3. The van der Waals surface area contributed by atoms with Crippen LogP contribution in [0.3, 0.4) is 0 Å². The molecule has 0 bridgehead atoms. The minimum Gasteiger partial charge on any atom is -0.304 e. The van der Waals surface area contributed by atoms with E-state index in [9.17, 15) is 4.39 Å². The molecule has 21 heavy (non-hydrogen) atoms. The maximum atomic E-state index is 13.6. The van der Waals surface area contributed by atoms with Crippen molar-refractivity contribution < 1.29 is 4.39 Å². The maximum absolute atomic E-state index is 13.6. The van der Waals surface area contributed by atoms with E-state index in [-0.39, 0.29) is 17.1 Å². The third-order valence-electron chi connectivity index (χ3n) is 3.67. The molecule has 1 nitrogen and oxygen atoms in total. The van der Waals surface area contributed by atoms with Crippen molar-refractivity contribution in [3.63, 3.8) is 0 Å². The highest BCUT2D eigenvalue weighted by Gasteiger charge is 2.19. The molecule has 0 aliphatic carbocycles. The quantitative estimate of drug-likeness (QED) is 0.695. The number of benzene rings is 2. The minimum atomic E-state index is -0.451. The molecule has 0 saturated heterocycles. The SMILES string of the molecule is Cc1ccccc1[C@H](C)NC(C)c1c(Cl)ccc(F)c1Cl. The lowest BCUT2D eigenvalue weighted by Gasteiger charge is -2.23. The second-order valence-electron chi connectivity index (χ2n) is 5.22. The van der Waals surface area contributed by atoms with Gasteiger partial charge >= 0.3 is 0 Å². The summed E-state index contributed by atoms with van der Waals surface area (Å²) in [5.74, 6) is -0.451. The van der Waals surface area contributed by atoms with Crippen LogP contribution in [0.15, 0.2) is 36.4 Å². The molecule has 4 heteroatoms. The van der Waals surface area contributed by atoms with Crippen molar-refractivity contribution in [3.8, 4) is 0 Å². The number of aryl methyl sites for hydroxylation is 1. The Morgan fingerprint density at radius 3 is 2.33 bits per heavy atom. The smallest absolute Gasteiger partial charge is 0.142 e. The van der Waals surface area contributed by atoms with Gasteiger partial charge in [-0.15, -0.1) is 0 Å². The van der Waals surface area contributed by atoms with Gasteiger partial charge in [0.25, 0.3) is 0 Å². The first kappa shape index (κ1) is 16.3. The summed E-state index contributed by atoms with van der Waals surface area (Å²) in [5, 5.41) is 3.98. The average molecular weight is 326 g/mol. The lowest BCUT2D eigenvalue weighted by Crippen LogP contribution is -2.23. The van der Waals surface area contributed by atoms with Crippen LogP contribution >= 0.6 is 23.2 Å². The first-order valence-electron chi connectivity index (χ1n) is 6.86. The van der Waals surface area contributed by atoms with Gasteiger partial charge in [0.15, 0.2) is 0 Å². The molecule has 0 heterocycles. The zero-order valence-corrected chi connectivity index (χ0v) is 13.8. The molecule has 0 amide bonds. The normalized spacial score (nSPS) is 14.0. The number of halogens is 3. The maximum Gasteiger partial charge on any atom is 0.142 e. The highest BCUT2D eigenvalue weighted by atomic mass is 35.5. The van der Waals surface area contributed by atoms with Gasteiger partial charge < -0.3 is 5.32 Å². The van der Waals surface area contributed by atoms with E-state index in [0.717, 1.165) is 0 Å². The summed E-state index contributed by atoms with van der Waals surface area (Å²) in [6, 6.07) is 10.9. The topological polar surface area (TPSA) is 12.0 Å². The van der Waals surface area contributed by atoms with Gasteiger partial charge in [0, 0.05) is 22.7 Å². The monoisotopic (exact) mass is 325 g/mol. The number of hydrogen-bond donors (Lipinski definition) is 1. The van der Waals surface area contributed by atoms with Crippen LogP contribution in [-0.2, 0) is 0 Å². The average Bonchev–Trinajstić information content (AvgIpc) is 2.43. The lowest BCUT2D eigenvalue weighted by molar-refractivity contribution is 0.491. The van der Waals surface area contributed by atoms with Gasteiger partial charge in [-0.05, 0) is 44.0 Å². The van der Waals surface area contributed by atoms with Crippen molar-refractivity contribution in [3.05, 3.63) is 69.0 Å². The molecule has 0 aromatic heterocycles. The fourth-order valence-electron chi connectivity index (χ4n) is 2.56. The van der Waals surface area contributed by atoms with Gasteiger partial charge in [0.05, 0.1) is 5.02 Å². The van der Waals surface area contributed by atoms with E-state index < -0.39 is 5.82 Å². The van der Waals surface area contributed by atoms with Crippen molar-refractivity contribution >= 4 is 23.2 Å². The first-order valence-corrected chi connectivity index (χ1v) is 7.62. The second kappa shape index (κ2) is 6.78. The Hall–Kier alpha value is -1.09. The molecule has 0 fully saturated rings. The van der Waals surface area contributed by atoms with E-state index in [1.54, 1.807) is 0 Å². The Labute approximate surface area is 135 Å². The summed E-state index contributed by atoms with van der Waals surface area (Å²) in [6.07, 6.45) is 0. The first-order chi connectivity index (χ1) is 9.91. The molecule has 1 N–H and O–H groups in total. The molecule has 2 atom stereocenters. The van der Waals surface area contributed by atoms with Crippen LogP contribution in [0.2, 0.25) is 10.0 Å². The fourth-order valence-corrected chi connectivity index (χ4v) is 3.26. The van der Waals surface area contributed by atoms with Crippen LogP contribution in [0, 0.1) is 12.7 Å². The predicted molar refractivity (Wildman–Crippen MR) is 87.6 cm³/mol. The summed E-state index contributed by atoms with van der Waals surface area (Å²) in [6.45, 7) is 6.07. The number of rotatable bonds is 4. The molecule has 112 valence electrons. The van der Waals surface area contributed by atoms with Crippen molar-refractivity contribution in [1.29, 1.82) is 0 Å². The van der Waals surface area contributed by atoms with Crippen LogP contribution in [0.25, 0.3) is 0 Å². The van der Waals surface area contributed by atoms with E-state index in [0.29, 0.717) is 10.6 Å². The molecule has 0 spiro atoms. The van der Waals surface area contributed by atoms with Gasteiger partial charge in [0.2, 0.25) is 0 Å². The van der Waals surface area contributed by atoms with Gasteiger partial charge in [-0.1, -0.05) is 47.5 Å². The molecule has 2 aromatic rings. The van der Waals surface area contributed by atoms with E-state index in [2.05, 4.69) is 31.3 Å². The standard InChI is InChI=1S/C17H18Cl2FN/c1-10-6-4-5-7-13(10)11(2)21-12(3)16-14(18)8-9-15(20)17(16)19/h4-9,11-12,21H,1-3H3/t11-,12?/m0/s1. The van der Waals surface area contributed by atoms with E-state index in [1.807, 2.05) is 19.1 Å². The van der Waals surface area contributed by atoms with Crippen molar-refractivity contribution in [1.82, 2.24) is 5.32 Å². The third kappa shape index (κ3) is 3.57. The Morgan fingerprint density at radius 2 is 1.67 bits per heavy atom. The Morgan fingerprint density at radius 1 is 1.00 bits per heavy atom. The summed E-state index contributed by atoms with van der Waals surface area (Å²) in [4.78, 5) is 0. The zero-order chi connectivity index (χ0) is 15.6. The van der Waals surface area contributed by atoms with Gasteiger partial charge in [0.1, 0.15) is 5.82 Å². The molecular weight excluding hydrogens is 308 g/mol. The second-order valence-corrected chi connectivity index (χ2v) is 6.01. The van der Waals surface area contributed by atoms with Gasteiger partial charge in [-0.25, -0.2) is 4.39 Å². The summed E-state index contributed by atoms with van der Waals surface area (Å²) >= 11 is 12.2. The van der Waals surface area contributed by atoms with E-state index in [4.69, 9.17) is 23.2 Å². The number of nitrogens with one attached hydrogen (secondary N) is 1. The Balaban J connectivity index is 2.25. The molecule has 0 radical (unpaired) electrons. The highest BCUT2D eigenvalue weighted by Crippen LogP contribution is 2.33. The molecule has 0 saturated carbocycles. The molecule has 1 unspecified atom stereocenters. The Bertz CT molecular complexity index is 643. The minimum absolute atomic E-state index is 0.0829. The summed E-state index contributed by atoms with van der Waals surface area (Å²) < 4.78 is 13.6. The predicted octanol–water partition coefficient (Wildman–Crippen LogP) is 5.85. The molecule has 2 aromatic carbocycles. The van der Waals surface area contributed by atoms with E-state index in [1.165, 1.54) is 23.3 Å². The largest absolute Gasteiger partial charge is 0.304 e. The number of hydrogen-bond acceptors (Lipinski definition) is 1. The highest BCUT2D eigenvalue weighted by molar-refractivity contribution is 6.36. The summed E-state index contributed by atoms with van der Waals surface area (Å²) in [7, 11) is 0. The van der Waals surface area contributed by atoms with Crippen molar-refractivity contribution in [2.24, 2.45) is 0 Å². The van der Waals surface area contributed by atoms with Gasteiger partial charge in [-0.2, -0.15) is 0 Å². The van der Waals surface area contributed by atoms with Crippen LogP contribution in [0.1, 0.15) is 42.6 Å². The van der Waals surface area contributed by atoms with Crippen LogP contribution in [-0.4, -0.2) is 0 Å². The van der Waals surface area contributed by atoms with Crippen LogP contribution < -0.4 is 5.32 Å². The molecule has 2 rings (SSSR count). The van der Waals surface area contributed by atoms with Crippen LogP contribution in [0.4, 0.5) is 4.39 Å². The lowest BCUT2D eigenvalue weighted by atomic mass is 10.0. The van der Waals surface area contributed by atoms with Gasteiger partial charge in [-0.3, -0.25) is 0 Å². The van der Waals surface area contributed by atoms with Crippen LogP contribution in [0.5, 0.6) is 0 Å². The van der Waals surface area contributed by atoms with Crippen molar-refractivity contribution in [2.75, 3.05) is 0 Å². The van der Waals surface area contributed by atoms with Crippen molar-refractivity contribution in [2.45, 2.75) is 32.9 Å². The fraction of sp³-hybridized carbons (Fsp3) is 0.294. The third-order valence-corrected chi connectivity index (χ3v) is 4.38.